The smallest absolute Gasteiger partial charge is 0.331 e. The number of benzene rings is 1. The molecule has 0 aliphatic rings. The second-order valence-corrected chi connectivity index (χ2v) is 3.97. The summed E-state index contributed by atoms with van der Waals surface area (Å²) in [6.45, 7) is 5.93. The van der Waals surface area contributed by atoms with Gasteiger partial charge in [0.05, 0.1) is 0 Å². The van der Waals surface area contributed by atoms with Crippen LogP contribution in [0.4, 0.5) is 0 Å². The lowest BCUT2D eigenvalue weighted by molar-refractivity contribution is -0.146. The molecule has 1 atom stereocenters. The molecule has 0 spiro atoms. The first-order chi connectivity index (χ1) is 8.02. The fourth-order valence-electron chi connectivity index (χ4n) is 1.84. The first-order valence-electron chi connectivity index (χ1n) is 5.52. The van der Waals surface area contributed by atoms with E-state index in [9.17, 15) is 14.7 Å². The van der Waals surface area contributed by atoms with Crippen molar-refractivity contribution in [3.8, 4) is 0 Å². The molecule has 17 heavy (non-hydrogen) atoms. The molecule has 0 bridgehead atoms. The van der Waals surface area contributed by atoms with Crippen LogP contribution in [-0.2, 0) is 9.59 Å². The van der Waals surface area contributed by atoms with Crippen molar-refractivity contribution < 1.29 is 14.7 Å². The molecule has 0 fully saturated rings. The SMILES string of the molecule is CCN(C=O)C(C(=O)O)c1cccc(C)c1C. The Hall–Kier alpha value is -1.84. The maximum absolute atomic E-state index is 11.3. The van der Waals surface area contributed by atoms with Crippen LogP contribution in [0.5, 0.6) is 0 Å². The number of hydrogen-bond acceptors (Lipinski definition) is 2. The minimum absolute atomic E-state index is 0.369. The molecule has 1 amide bonds. The molecule has 4 heteroatoms. The van der Waals surface area contributed by atoms with E-state index >= 15 is 0 Å². The number of likely N-dealkylation sites (N-methyl/N-ethyl adjacent to an activating group) is 1. The van der Waals surface area contributed by atoms with E-state index in [0.29, 0.717) is 18.5 Å². The zero-order valence-electron chi connectivity index (χ0n) is 10.3. The number of carboxylic acid groups (broad SMARTS) is 1. The van der Waals surface area contributed by atoms with E-state index in [1.54, 1.807) is 13.0 Å². The van der Waals surface area contributed by atoms with Gasteiger partial charge in [-0.3, -0.25) is 4.79 Å². The Morgan fingerprint density at radius 1 is 1.47 bits per heavy atom. The first kappa shape index (κ1) is 13.2. The number of carboxylic acids is 1. The number of carbonyl (C=O) groups is 2. The molecule has 1 rings (SSSR count). The minimum Gasteiger partial charge on any atom is -0.479 e. The second kappa shape index (κ2) is 5.48. The molecule has 1 unspecified atom stereocenters. The van der Waals surface area contributed by atoms with Crippen LogP contribution in [0.25, 0.3) is 0 Å². The average Bonchev–Trinajstić information content (AvgIpc) is 2.30. The highest BCUT2D eigenvalue weighted by Gasteiger charge is 2.27. The van der Waals surface area contributed by atoms with Gasteiger partial charge < -0.3 is 10.0 Å². The Balaban J connectivity index is 3.27. The molecule has 0 aromatic heterocycles. The van der Waals surface area contributed by atoms with E-state index in [1.165, 1.54) is 4.90 Å². The summed E-state index contributed by atoms with van der Waals surface area (Å²) in [7, 11) is 0. The van der Waals surface area contributed by atoms with Crippen LogP contribution in [0.3, 0.4) is 0 Å². The lowest BCUT2D eigenvalue weighted by Crippen LogP contribution is -2.33. The van der Waals surface area contributed by atoms with E-state index in [2.05, 4.69) is 0 Å². The standard InChI is InChI=1S/C13H17NO3/c1-4-14(8-15)12(13(16)17)11-7-5-6-9(2)10(11)3/h5-8,12H,4H2,1-3H3,(H,16,17). The van der Waals surface area contributed by atoms with Crippen molar-refractivity contribution in [1.82, 2.24) is 4.90 Å². The van der Waals surface area contributed by atoms with Gasteiger partial charge in [-0.1, -0.05) is 18.2 Å². The summed E-state index contributed by atoms with van der Waals surface area (Å²) in [5, 5.41) is 9.27. The molecule has 0 saturated heterocycles. The van der Waals surface area contributed by atoms with Crippen LogP contribution in [-0.4, -0.2) is 28.9 Å². The molecule has 0 heterocycles. The largest absolute Gasteiger partial charge is 0.479 e. The van der Waals surface area contributed by atoms with Crippen molar-refractivity contribution in [1.29, 1.82) is 0 Å². The normalized spacial score (nSPS) is 11.9. The first-order valence-corrected chi connectivity index (χ1v) is 5.52. The predicted octanol–water partition coefficient (Wildman–Crippen LogP) is 1.91. The monoisotopic (exact) mass is 235 g/mol. The topological polar surface area (TPSA) is 57.6 Å². The fourth-order valence-corrected chi connectivity index (χ4v) is 1.84. The summed E-state index contributed by atoms with van der Waals surface area (Å²) in [4.78, 5) is 23.5. The Bertz CT molecular complexity index is 429. The Morgan fingerprint density at radius 2 is 2.12 bits per heavy atom. The number of carbonyl (C=O) groups excluding carboxylic acids is 1. The number of amides is 1. The summed E-state index contributed by atoms with van der Waals surface area (Å²) in [5.74, 6) is -1.01. The maximum Gasteiger partial charge on any atom is 0.331 e. The van der Waals surface area contributed by atoms with Crippen LogP contribution in [0, 0.1) is 13.8 Å². The van der Waals surface area contributed by atoms with E-state index < -0.39 is 12.0 Å². The van der Waals surface area contributed by atoms with Gasteiger partial charge in [0.15, 0.2) is 6.04 Å². The zero-order chi connectivity index (χ0) is 13.0. The third kappa shape index (κ3) is 2.64. The molecule has 0 saturated carbocycles. The van der Waals surface area contributed by atoms with Gasteiger partial charge in [0, 0.05) is 6.54 Å². The van der Waals surface area contributed by atoms with Crippen molar-refractivity contribution in [2.45, 2.75) is 26.8 Å². The molecule has 1 aromatic rings. The highest BCUT2D eigenvalue weighted by molar-refractivity contribution is 5.78. The van der Waals surface area contributed by atoms with Gasteiger partial charge in [0.1, 0.15) is 0 Å². The van der Waals surface area contributed by atoms with Gasteiger partial charge in [-0.15, -0.1) is 0 Å². The summed E-state index contributed by atoms with van der Waals surface area (Å²) in [6, 6.07) is 4.59. The Morgan fingerprint density at radius 3 is 2.59 bits per heavy atom. The molecule has 0 aliphatic carbocycles. The fraction of sp³-hybridized carbons (Fsp3) is 0.385. The molecule has 92 valence electrons. The molecule has 4 nitrogen and oxygen atoms in total. The minimum atomic E-state index is -1.01. The van der Waals surface area contributed by atoms with Gasteiger partial charge in [-0.2, -0.15) is 0 Å². The molecule has 1 aromatic carbocycles. The second-order valence-electron chi connectivity index (χ2n) is 3.97. The van der Waals surface area contributed by atoms with Crippen molar-refractivity contribution in [3.63, 3.8) is 0 Å². The van der Waals surface area contributed by atoms with E-state index in [-0.39, 0.29) is 0 Å². The summed E-state index contributed by atoms with van der Waals surface area (Å²) in [6.07, 6.45) is 0.584. The Kier molecular flexibility index (Phi) is 4.26. The lowest BCUT2D eigenvalue weighted by Gasteiger charge is -2.25. The van der Waals surface area contributed by atoms with Crippen LogP contribution in [0.15, 0.2) is 18.2 Å². The van der Waals surface area contributed by atoms with E-state index in [1.807, 2.05) is 26.0 Å². The van der Waals surface area contributed by atoms with Gasteiger partial charge >= 0.3 is 5.97 Å². The molecular formula is C13H17NO3. The quantitative estimate of drug-likeness (QED) is 0.793. The Labute approximate surface area is 101 Å². The molecule has 0 radical (unpaired) electrons. The predicted molar refractivity (Wildman–Crippen MR) is 64.7 cm³/mol. The average molecular weight is 235 g/mol. The maximum atomic E-state index is 11.3. The third-order valence-electron chi connectivity index (χ3n) is 3.01. The van der Waals surface area contributed by atoms with Gasteiger partial charge in [0.2, 0.25) is 6.41 Å². The van der Waals surface area contributed by atoms with Crippen molar-refractivity contribution >= 4 is 12.4 Å². The van der Waals surface area contributed by atoms with Crippen molar-refractivity contribution in [2.75, 3.05) is 6.54 Å². The van der Waals surface area contributed by atoms with Crippen LogP contribution < -0.4 is 0 Å². The zero-order valence-corrected chi connectivity index (χ0v) is 10.3. The van der Waals surface area contributed by atoms with Crippen LogP contribution >= 0.6 is 0 Å². The van der Waals surface area contributed by atoms with Crippen molar-refractivity contribution in [3.05, 3.63) is 34.9 Å². The highest BCUT2D eigenvalue weighted by Crippen LogP contribution is 2.25. The van der Waals surface area contributed by atoms with Gasteiger partial charge in [-0.25, -0.2) is 4.79 Å². The highest BCUT2D eigenvalue weighted by atomic mass is 16.4. The molecule has 1 N–H and O–H groups in total. The molecular weight excluding hydrogens is 218 g/mol. The van der Waals surface area contributed by atoms with E-state index in [4.69, 9.17) is 0 Å². The number of rotatable bonds is 5. The number of nitrogens with zero attached hydrogens (tertiary/aromatic N) is 1. The van der Waals surface area contributed by atoms with Crippen LogP contribution in [0.1, 0.15) is 29.7 Å². The van der Waals surface area contributed by atoms with Gasteiger partial charge in [-0.05, 0) is 37.5 Å². The van der Waals surface area contributed by atoms with Gasteiger partial charge in [0.25, 0.3) is 0 Å². The van der Waals surface area contributed by atoms with Crippen LogP contribution in [0.2, 0.25) is 0 Å². The number of hydrogen-bond donors (Lipinski definition) is 1. The van der Waals surface area contributed by atoms with Crippen molar-refractivity contribution in [2.24, 2.45) is 0 Å². The third-order valence-corrected chi connectivity index (χ3v) is 3.01. The summed E-state index contributed by atoms with van der Waals surface area (Å²) >= 11 is 0. The number of aliphatic carboxylic acids is 1. The van der Waals surface area contributed by atoms with E-state index in [0.717, 1.165) is 11.1 Å². The summed E-state index contributed by atoms with van der Waals surface area (Å²) in [5.41, 5.74) is 2.61. The molecule has 0 aliphatic heterocycles. The summed E-state index contributed by atoms with van der Waals surface area (Å²) < 4.78 is 0. The number of aryl methyl sites for hydroxylation is 1. The lowest BCUT2D eigenvalue weighted by atomic mass is 9.96.